The molecule has 0 radical (unpaired) electrons. The number of carbonyl (C=O) groups excluding carboxylic acids is 1. The Morgan fingerprint density at radius 2 is 1.81 bits per heavy atom. The van der Waals surface area contributed by atoms with E-state index < -0.39 is 12.1 Å². The molecule has 11 heteroatoms. The third-order valence-corrected chi connectivity index (χ3v) is 4.90. The summed E-state index contributed by atoms with van der Waals surface area (Å²) in [6.45, 7) is 8.35. The molecular weight excluding hydrogens is 431 g/mol. The van der Waals surface area contributed by atoms with Crippen molar-refractivity contribution < 1.29 is 37.1 Å². The van der Waals surface area contributed by atoms with Crippen molar-refractivity contribution in [3.05, 3.63) is 41.8 Å². The lowest BCUT2D eigenvalue weighted by Crippen LogP contribution is -2.54. The summed E-state index contributed by atoms with van der Waals surface area (Å²) in [6, 6.07) is 9.87. The highest BCUT2D eigenvalue weighted by molar-refractivity contribution is 5.92. The number of nitrogens with zero attached hydrogens (tertiary/aromatic N) is 3. The fraction of sp³-hybridized carbons (Fsp3) is 0.476. The van der Waals surface area contributed by atoms with Crippen LogP contribution in [0.4, 0.5) is 18.9 Å². The number of aromatic nitrogens is 1. The van der Waals surface area contributed by atoms with E-state index in [1.807, 2.05) is 43.0 Å². The number of halogens is 3. The maximum atomic E-state index is 12.7. The molecule has 1 aromatic heterocycles. The molecule has 2 heterocycles. The fourth-order valence-electron chi connectivity index (χ4n) is 3.09. The van der Waals surface area contributed by atoms with Crippen LogP contribution in [-0.4, -0.2) is 66.0 Å². The molecule has 0 aliphatic carbocycles. The predicted octanol–water partition coefficient (Wildman–Crippen LogP) is 3.79. The summed E-state index contributed by atoms with van der Waals surface area (Å²) in [5.74, 6) is -1.42. The number of methoxy groups -OCH3 is 1. The van der Waals surface area contributed by atoms with E-state index in [1.54, 1.807) is 13.2 Å². The second-order valence-corrected chi connectivity index (χ2v) is 7.57. The van der Waals surface area contributed by atoms with Gasteiger partial charge in [-0.15, -0.1) is 0 Å². The lowest BCUT2D eigenvalue weighted by molar-refractivity contribution is -0.192. The van der Waals surface area contributed by atoms with Crippen molar-refractivity contribution in [3.8, 4) is 5.75 Å². The first-order valence-corrected chi connectivity index (χ1v) is 9.90. The molecule has 1 saturated heterocycles. The number of hydrogen-bond donors (Lipinski definition) is 1. The Kier molecular flexibility index (Phi) is 8.12. The first-order chi connectivity index (χ1) is 14.9. The third-order valence-electron chi connectivity index (χ3n) is 4.90. The van der Waals surface area contributed by atoms with Gasteiger partial charge in [0.2, 0.25) is 5.76 Å². The van der Waals surface area contributed by atoms with Gasteiger partial charge in [0, 0.05) is 37.4 Å². The predicted molar refractivity (Wildman–Crippen MR) is 110 cm³/mol. The Morgan fingerprint density at radius 1 is 1.22 bits per heavy atom. The summed E-state index contributed by atoms with van der Waals surface area (Å²) >= 11 is 0. The molecule has 3 rings (SSSR count). The number of aliphatic carboxylic acids is 1. The summed E-state index contributed by atoms with van der Waals surface area (Å²) < 4.78 is 42.2. The number of carbonyl (C=O) groups is 2. The minimum Gasteiger partial charge on any atom is -0.497 e. The first-order valence-electron chi connectivity index (χ1n) is 9.90. The van der Waals surface area contributed by atoms with Crippen molar-refractivity contribution in [2.75, 3.05) is 31.6 Å². The van der Waals surface area contributed by atoms with Crippen LogP contribution in [0.3, 0.4) is 0 Å². The number of ether oxygens (including phenoxy) is 1. The maximum absolute atomic E-state index is 12.7. The molecule has 1 aliphatic rings. The first kappa shape index (κ1) is 25.0. The SMILES string of the molecule is COc1ccc(N2CCN(C(=O)c3cc(C(C)C)no3)C(C)C2)cc1.O=C(O)C(F)(F)F. The number of carboxylic acids is 1. The standard InChI is InChI=1S/C19H25N3O3.C2HF3O2/c1-13(2)17-11-18(25-20-17)19(23)22-10-9-21(12-14(22)3)15-5-7-16(24-4)8-6-15;3-2(4,5)1(6)7/h5-8,11,13-14H,9-10,12H2,1-4H3;(H,6,7). The lowest BCUT2D eigenvalue weighted by atomic mass is 10.1. The number of alkyl halides is 3. The molecule has 2 aromatic rings. The van der Waals surface area contributed by atoms with Crippen LogP contribution >= 0.6 is 0 Å². The van der Waals surface area contributed by atoms with E-state index in [0.717, 1.165) is 30.2 Å². The zero-order valence-electron chi connectivity index (χ0n) is 18.2. The van der Waals surface area contributed by atoms with Crippen molar-refractivity contribution in [3.63, 3.8) is 0 Å². The highest BCUT2D eigenvalue weighted by Gasteiger charge is 2.38. The van der Waals surface area contributed by atoms with Gasteiger partial charge in [-0.3, -0.25) is 4.79 Å². The largest absolute Gasteiger partial charge is 0.497 e. The number of hydrogen-bond acceptors (Lipinski definition) is 6. The van der Waals surface area contributed by atoms with Crippen molar-refractivity contribution >= 4 is 17.6 Å². The minimum absolute atomic E-state index is 0.0821. The van der Waals surface area contributed by atoms with E-state index in [0.29, 0.717) is 12.3 Å². The van der Waals surface area contributed by atoms with E-state index >= 15 is 0 Å². The van der Waals surface area contributed by atoms with Gasteiger partial charge in [-0.1, -0.05) is 19.0 Å². The maximum Gasteiger partial charge on any atom is 0.490 e. The molecule has 1 atom stereocenters. The smallest absolute Gasteiger partial charge is 0.490 e. The van der Waals surface area contributed by atoms with Gasteiger partial charge in [-0.2, -0.15) is 13.2 Å². The summed E-state index contributed by atoms with van der Waals surface area (Å²) in [7, 11) is 1.66. The number of amides is 1. The molecule has 1 aromatic carbocycles. The van der Waals surface area contributed by atoms with Gasteiger partial charge in [0.05, 0.1) is 12.8 Å². The molecule has 176 valence electrons. The molecule has 0 spiro atoms. The molecule has 0 saturated carbocycles. The van der Waals surface area contributed by atoms with Crippen molar-refractivity contribution in [2.24, 2.45) is 0 Å². The number of rotatable bonds is 4. The van der Waals surface area contributed by atoms with Crippen LogP contribution < -0.4 is 9.64 Å². The van der Waals surface area contributed by atoms with E-state index in [9.17, 15) is 18.0 Å². The van der Waals surface area contributed by atoms with Gasteiger partial charge in [0.15, 0.2) is 0 Å². The molecule has 1 fully saturated rings. The van der Waals surface area contributed by atoms with Crippen LogP contribution in [0.2, 0.25) is 0 Å². The normalized spacial score (nSPS) is 16.4. The molecule has 0 bridgehead atoms. The topological polar surface area (TPSA) is 96.1 Å². The third kappa shape index (κ3) is 6.38. The Bertz CT molecular complexity index is 912. The van der Waals surface area contributed by atoms with Gasteiger partial charge in [-0.05, 0) is 37.1 Å². The summed E-state index contributed by atoms with van der Waals surface area (Å²) in [5.41, 5.74) is 1.95. The van der Waals surface area contributed by atoms with Crippen LogP contribution in [0, 0.1) is 0 Å². The Morgan fingerprint density at radius 3 is 2.25 bits per heavy atom. The van der Waals surface area contributed by atoms with Crippen LogP contribution in [0.5, 0.6) is 5.75 Å². The number of piperazine rings is 1. The van der Waals surface area contributed by atoms with Crippen molar-refractivity contribution in [1.29, 1.82) is 0 Å². The number of benzene rings is 1. The number of carboxylic acid groups (broad SMARTS) is 1. The molecule has 1 unspecified atom stereocenters. The summed E-state index contributed by atoms with van der Waals surface area (Å²) in [4.78, 5) is 25.8. The summed E-state index contributed by atoms with van der Waals surface area (Å²) in [6.07, 6.45) is -5.08. The minimum atomic E-state index is -5.08. The zero-order chi connectivity index (χ0) is 24.1. The van der Waals surface area contributed by atoms with E-state index in [4.69, 9.17) is 19.2 Å². The molecule has 32 heavy (non-hydrogen) atoms. The quantitative estimate of drug-likeness (QED) is 0.746. The molecule has 1 aliphatic heterocycles. The van der Waals surface area contributed by atoms with Crippen molar-refractivity contribution in [2.45, 2.75) is 38.9 Å². The van der Waals surface area contributed by atoms with Crippen LogP contribution in [0.25, 0.3) is 0 Å². The fourth-order valence-corrected chi connectivity index (χ4v) is 3.09. The Balaban J connectivity index is 0.000000451. The van der Waals surface area contributed by atoms with Crippen molar-refractivity contribution in [1.82, 2.24) is 10.1 Å². The highest BCUT2D eigenvalue weighted by Crippen LogP contribution is 2.24. The average molecular weight is 457 g/mol. The van der Waals surface area contributed by atoms with E-state index in [1.165, 1.54) is 0 Å². The molecule has 1 N–H and O–H groups in total. The van der Waals surface area contributed by atoms with Gasteiger partial charge in [0.1, 0.15) is 5.75 Å². The molecular formula is C21H26F3N3O5. The van der Waals surface area contributed by atoms with Crippen LogP contribution in [-0.2, 0) is 4.79 Å². The Labute approximate surface area is 183 Å². The van der Waals surface area contributed by atoms with E-state index in [-0.39, 0.29) is 17.9 Å². The van der Waals surface area contributed by atoms with Gasteiger partial charge in [0.25, 0.3) is 5.91 Å². The summed E-state index contributed by atoms with van der Waals surface area (Å²) in [5, 5.41) is 11.1. The van der Waals surface area contributed by atoms with E-state index in [2.05, 4.69) is 17.0 Å². The molecule has 1 amide bonds. The van der Waals surface area contributed by atoms with Gasteiger partial charge in [-0.25, -0.2) is 4.79 Å². The highest BCUT2D eigenvalue weighted by atomic mass is 19.4. The zero-order valence-corrected chi connectivity index (χ0v) is 18.2. The second-order valence-electron chi connectivity index (χ2n) is 7.57. The second kappa shape index (κ2) is 10.4. The lowest BCUT2D eigenvalue weighted by Gasteiger charge is -2.40. The molecule has 8 nitrogen and oxygen atoms in total. The average Bonchev–Trinajstić information content (AvgIpc) is 3.24. The van der Waals surface area contributed by atoms with Gasteiger partial charge >= 0.3 is 12.1 Å². The van der Waals surface area contributed by atoms with Crippen LogP contribution in [0.15, 0.2) is 34.9 Å². The van der Waals surface area contributed by atoms with Gasteiger partial charge < -0.3 is 24.2 Å². The monoisotopic (exact) mass is 457 g/mol. The number of anilines is 1. The van der Waals surface area contributed by atoms with Crippen LogP contribution in [0.1, 0.15) is 42.9 Å². The Hall–Kier alpha value is -3.24.